The molecule has 3 heterocycles. The average Bonchev–Trinajstić information content (AvgIpc) is 2.82. The fourth-order valence-electron chi connectivity index (χ4n) is 4.88. The van der Waals surface area contributed by atoms with Crippen LogP contribution in [0.5, 0.6) is 0 Å². The standard InChI is InChI=1S/C26H38N6S/c1-20-9-7-15-31(18-20)23-17-24(32-16-8-10-21(2)19-32)29-25(28-23)30-26(33)27-14-6-13-22-11-4-3-5-12-22/h3-5,11-12,17,20-21H,6-10,13-16,18-19H2,1-2H3,(H2,27,28,29,30,33). The molecule has 0 bridgehead atoms. The first-order valence-electron chi connectivity index (χ1n) is 12.5. The zero-order valence-corrected chi connectivity index (χ0v) is 20.9. The van der Waals surface area contributed by atoms with Crippen LogP contribution in [0.2, 0.25) is 0 Å². The number of thiocarbonyl (C=S) groups is 1. The van der Waals surface area contributed by atoms with Crippen LogP contribution in [0.25, 0.3) is 0 Å². The van der Waals surface area contributed by atoms with Gasteiger partial charge in [-0.3, -0.25) is 0 Å². The van der Waals surface area contributed by atoms with Crippen LogP contribution in [0, 0.1) is 11.8 Å². The van der Waals surface area contributed by atoms with Crippen molar-refractivity contribution >= 4 is 34.9 Å². The van der Waals surface area contributed by atoms with Gasteiger partial charge in [0.25, 0.3) is 0 Å². The second-order valence-corrected chi connectivity index (χ2v) is 10.2. The number of rotatable bonds is 7. The van der Waals surface area contributed by atoms with Crippen LogP contribution in [0.1, 0.15) is 51.5 Å². The largest absolute Gasteiger partial charge is 0.362 e. The second kappa shape index (κ2) is 11.6. The molecule has 0 radical (unpaired) electrons. The van der Waals surface area contributed by atoms with E-state index in [1.165, 1.54) is 31.2 Å². The lowest BCUT2D eigenvalue weighted by Crippen LogP contribution is -2.37. The van der Waals surface area contributed by atoms with Gasteiger partial charge in [0.1, 0.15) is 11.6 Å². The first kappa shape index (κ1) is 23.7. The van der Waals surface area contributed by atoms with E-state index in [0.717, 1.165) is 57.2 Å². The minimum absolute atomic E-state index is 0.588. The van der Waals surface area contributed by atoms with Gasteiger partial charge in [-0.05, 0) is 68.1 Å². The van der Waals surface area contributed by atoms with Crippen molar-refractivity contribution in [3.63, 3.8) is 0 Å². The summed E-state index contributed by atoms with van der Waals surface area (Å²) < 4.78 is 0. The fourth-order valence-corrected chi connectivity index (χ4v) is 5.08. The van der Waals surface area contributed by atoms with Crippen molar-refractivity contribution in [2.75, 3.05) is 47.8 Å². The van der Waals surface area contributed by atoms with Gasteiger partial charge in [0.05, 0.1) is 0 Å². The van der Waals surface area contributed by atoms with E-state index in [1.54, 1.807) is 0 Å². The number of aryl methyl sites for hydroxylation is 1. The Balaban J connectivity index is 1.41. The molecule has 0 amide bonds. The minimum Gasteiger partial charge on any atom is -0.362 e. The Morgan fingerprint density at radius 1 is 0.970 bits per heavy atom. The lowest BCUT2D eigenvalue weighted by atomic mass is 10.00. The van der Waals surface area contributed by atoms with Gasteiger partial charge in [-0.2, -0.15) is 9.97 Å². The third-order valence-electron chi connectivity index (χ3n) is 6.66. The van der Waals surface area contributed by atoms with E-state index in [-0.39, 0.29) is 0 Å². The molecule has 2 atom stereocenters. The lowest BCUT2D eigenvalue weighted by molar-refractivity contribution is 0.441. The van der Waals surface area contributed by atoms with Crippen molar-refractivity contribution in [2.24, 2.45) is 11.8 Å². The summed E-state index contributed by atoms with van der Waals surface area (Å²) in [6.07, 6.45) is 7.07. The molecule has 2 aromatic rings. The van der Waals surface area contributed by atoms with Gasteiger partial charge in [0.15, 0.2) is 5.11 Å². The fraction of sp³-hybridized carbons (Fsp3) is 0.577. The molecule has 2 saturated heterocycles. The van der Waals surface area contributed by atoms with E-state index in [9.17, 15) is 0 Å². The topological polar surface area (TPSA) is 56.3 Å². The molecular formula is C26H38N6S. The van der Waals surface area contributed by atoms with Gasteiger partial charge in [-0.15, -0.1) is 0 Å². The van der Waals surface area contributed by atoms with Crippen molar-refractivity contribution in [1.82, 2.24) is 15.3 Å². The Bertz CT molecular complexity index is 865. The van der Waals surface area contributed by atoms with Crippen LogP contribution in [-0.4, -0.2) is 47.8 Å². The second-order valence-electron chi connectivity index (χ2n) is 9.76. The van der Waals surface area contributed by atoms with Gasteiger partial charge < -0.3 is 20.4 Å². The lowest BCUT2D eigenvalue weighted by Gasteiger charge is -2.35. The Morgan fingerprint density at radius 2 is 1.58 bits per heavy atom. The summed E-state index contributed by atoms with van der Waals surface area (Å²) in [6.45, 7) is 9.68. The highest BCUT2D eigenvalue weighted by atomic mass is 32.1. The van der Waals surface area contributed by atoms with Crippen molar-refractivity contribution < 1.29 is 0 Å². The molecule has 1 aromatic carbocycles. The number of aromatic nitrogens is 2. The molecule has 2 aliphatic heterocycles. The highest BCUT2D eigenvalue weighted by Gasteiger charge is 2.23. The molecule has 0 aliphatic carbocycles. The number of benzene rings is 1. The van der Waals surface area contributed by atoms with Gasteiger partial charge in [0, 0.05) is 38.8 Å². The molecule has 2 N–H and O–H groups in total. The molecule has 178 valence electrons. The summed E-state index contributed by atoms with van der Waals surface area (Å²) in [4.78, 5) is 14.6. The number of piperidine rings is 2. The third-order valence-corrected chi connectivity index (χ3v) is 6.90. The smallest absolute Gasteiger partial charge is 0.232 e. The molecule has 0 saturated carbocycles. The molecule has 33 heavy (non-hydrogen) atoms. The molecule has 2 fully saturated rings. The van der Waals surface area contributed by atoms with Crippen LogP contribution in [0.15, 0.2) is 36.4 Å². The molecular weight excluding hydrogens is 428 g/mol. The summed E-state index contributed by atoms with van der Waals surface area (Å²) in [5, 5.41) is 7.18. The SMILES string of the molecule is CC1CCCN(c2cc(N3CCCC(C)C3)nc(NC(=S)NCCCc3ccccc3)n2)C1. The van der Waals surface area contributed by atoms with Crippen molar-refractivity contribution in [3.8, 4) is 0 Å². The van der Waals surface area contributed by atoms with E-state index in [4.69, 9.17) is 22.2 Å². The van der Waals surface area contributed by atoms with Crippen molar-refractivity contribution in [2.45, 2.75) is 52.4 Å². The number of hydrogen-bond donors (Lipinski definition) is 2. The summed E-state index contributed by atoms with van der Waals surface area (Å²) in [5.74, 6) is 4.00. The number of nitrogens with one attached hydrogen (secondary N) is 2. The van der Waals surface area contributed by atoms with Crippen LogP contribution in [0.4, 0.5) is 17.6 Å². The normalized spacial score (nSPS) is 21.0. The molecule has 6 nitrogen and oxygen atoms in total. The van der Waals surface area contributed by atoms with Crippen LogP contribution < -0.4 is 20.4 Å². The maximum Gasteiger partial charge on any atom is 0.232 e. The van der Waals surface area contributed by atoms with E-state index >= 15 is 0 Å². The first-order valence-corrected chi connectivity index (χ1v) is 13.0. The molecule has 1 aromatic heterocycles. The highest BCUT2D eigenvalue weighted by Crippen LogP contribution is 2.28. The zero-order valence-electron chi connectivity index (χ0n) is 20.1. The highest BCUT2D eigenvalue weighted by molar-refractivity contribution is 7.80. The van der Waals surface area contributed by atoms with E-state index in [0.29, 0.717) is 22.9 Å². The third kappa shape index (κ3) is 7.03. The first-order chi connectivity index (χ1) is 16.1. The zero-order chi connectivity index (χ0) is 23.0. The van der Waals surface area contributed by atoms with Gasteiger partial charge >= 0.3 is 0 Å². The van der Waals surface area contributed by atoms with E-state index in [1.807, 2.05) is 0 Å². The monoisotopic (exact) mass is 466 g/mol. The molecule has 2 aliphatic rings. The van der Waals surface area contributed by atoms with E-state index in [2.05, 4.69) is 70.7 Å². The van der Waals surface area contributed by atoms with Gasteiger partial charge in [-0.1, -0.05) is 44.2 Å². The summed E-state index contributed by atoms with van der Waals surface area (Å²) in [6, 6.07) is 12.7. The molecule has 2 unspecified atom stereocenters. The molecule has 7 heteroatoms. The summed E-state index contributed by atoms with van der Waals surface area (Å²) in [7, 11) is 0. The maximum absolute atomic E-state index is 5.57. The van der Waals surface area contributed by atoms with Crippen LogP contribution in [-0.2, 0) is 6.42 Å². The van der Waals surface area contributed by atoms with Gasteiger partial charge in [-0.25, -0.2) is 0 Å². The van der Waals surface area contributed by atoms with Crippen molar-refractivity contribution in [3.05, 3.63) is 42.0 Å². The molecule has 0 spiro atoms. The minimum atomic E-state index is 0.588. The quantitative estimate of drug-likeness (QED) is 0.446. The Labute approximate surface area is 204 Å². The predicted octanol–water partition coefficient (Wildman–Crippen LogP) is 4.87. The average molecular weight is 467 g/mol. The van der Waals surface area contributed by atoms with Gasteiger partial charge in [0.2, 0.25) is 5.95 Å². The molecule has 4 rings (SSSR count). The number of nitrogens with zero attached hydrogens (tertiary/aromatic N) is 4. The Hall–Kier alpha value is -2.41. The van der Waals surface area contributed by atoms with Crippen LogP contribution >= 0.6 is 12.2 Å². The summed E-state index contributed by atoms with van der Waals surface area (Å²) >= 11 is 5.57. The number of anilines is 3. The van der Waals surface area contributed by atoms with E-state index < -0.39 is 0 Å². The number of hydrogen-bond acceptors (Lipinski definition) is 5. The predicted molar refractivity (Wildman–Crippen MR) is 142 cm³/mol. The summed E-state index contributed by atoms with van der Waals surface area (Å²) in [5.41, 5.74) is 1.35. The van der Waals surface area contributed by atoms with Crippen molar-refractivity contribution in [1.29, 1.82) is 0 Å². The van der Waals surface area contributed by atoms with Crippen LogP contribution in [0.3, 0.4) is 0 Å². The Morgan fingerprint density at radius 3 is 2.15 bits per heavy atom. The Kier molecular flexibility index (Phi) is 8.37. The maximum atomic E-state index is 5.57.